The van der Waals surface area contributed by atoms with Gasteiger partial charge in [0, 0.05) is 19.6 Å². The Kier molecular flexibility index (Phi) is 7.62. The number of amides is 2. The van der Waals surface area contributed by atoms with Crippen molar-refractivity contribution >= 4 is 18.0 Å². The number of nitrogens with one attached hydrogen (secondary N) is 1. The van der Waals surface area contributed by atoms with Crippen LogP contribution < -0.4 is 5.32 Å². The highest BCUT2D eigenvalue weighted by Gasteiger charge is 2.31. The Hall–Kier alpha value is -3.65. The SMILES string of the molecule is C=CCN(CC(=O)O)C(=O)C(COC)NC(=O)OCC1c2ccccc2-c2ccccc21. The lowest BCUT2D eigenvalue weighted by atomic mass is 9.98. The smallest absolute Gasteiger partial charge is 0.407 e. The summed E-state index contributed by atoms with van der Waals surface area (Å²) in [6, 6.07) is 14.8. The predicted octanol–water partition coefficient (Wildman–Crippen LogP) is 2.64. The average Bonchev–Trinajstić information content (AvgIpc) is 3.10. The molecule has 0 radical (unpaired) electrons. The van der Waals surface area contributed by atoms with Crippen molar-refractivity contribution in [3.8, 4) is 11.1 Å². The average molecular weight is 438 g/mol. The minimum atomic E-state index is -1.17. The van der Waals surface area contributed by atoms with Crippen molar-refractivity contribution in [2.45, 2.75) is 12.0 Å². The number of nitrogens with zero attached hydrogens (tertiary/aromatic N) is 1. The lowest BCUT2D eigenvalue weighted by molar-refractivity contribution is -0.145. The zero-order valence-corrected chi connectivity index (χ0v) is 17.8. The van der Waals surface area contributed by atoms with Gasteiger partial charge in [0.05, 0.1) is 6.61 Å². The van der Waals surface area contributed by atoms with Crippen LogP contribution in [0.4, 0.5) is 4.79 Å². The number of hydrogen-bond acceptors (Lipinski definition) is 5. The Balaban J connectivity index is 1.68. The van der Waals surface area contributed by atoms with E-state index in [1.165, 1.54) is 13.2 Å². The largest absolute Gasteiger partial charge is 0.480 e. The highest BCUT2D eigenvalue weighted by atomic mass is 16.5. The van der Waals surface area contributed by atoms with Crippen molar-refractivity contribution in [1.29, 1.82) is 0 Å². The van der Waals surface area contributed by atoms with Gasteiger partial charge in [-0.05, 0) is 22.3 Å². The molecule has 0 aromatic heterocycles. The van der Waals surface area contributed by atoms with Crippen molar-refractivity contribution in [2.75, 3.05) is 33.4 Å². The Morgan fingerprint density at radius 3 is 2.25 bits per heavy atom. The molecule has 2 aromatic carbocycles. The fourth-order valence-electron chi connectivity index (χ4n) is 3.90. The zero-order valence-electron chi connectivity index (χ0n) is 17.8. The summed E-state index contributed by atoms with van der Waals surface area (Å²) in [5.74, 6) is -1.88. The molecule has 3 rings (SSSR count). The van der Waals surface area contributed by atoms with Crippen LogP contribution in [0.3, 0.4) is 0 Å². The quantitative estimate of drug-likeness (QED) is 0.553. The van der Waals surface area contributed by atoms with E-state index >= 15 is 0 Å². The molecule has 2 N–H and O–H groups in total. The summed E-state index contributed by atoms with van der Waals surface area (Å²) in [6.07, 6.45) is 0.633. The summed E-state index contributed by atoms with van der Waals surface area (Å²) in [7, 11) is 1.38. The van der Waals surface area contributed by atoms with Gasteiger partial charge in [-0.1, -0.05) is 54.6 Å². The molecule has 0 saturated heterocycles. The molecule has 1 aliphatic carbocycles. The van der Waals surface area contributed by atoms with Gasteiger partial charge in [-0.25, -0.2) is 4.79 Å². The summed E-state index contributed by atoms with van der Waals surface area (Å²) in [6.45, 7) is 3.01. The third-order valence-corrected chi connectivity index (χ3v) is 5.25. The van der Waals surface area contributed by atoms with Crippen molar-refractivity contribution in [1.82, 2.24) is 10.2 Å². The Labute approximate surface area is 186 Å². The highest BCUT2D eigenvalue weighted by molar-refractivity contribution is 5.88. The summed E-state index contributed by atoms with van der Waals surface area (Å²) < 4.78 is 10.5. The number of aliphatic carboxylic acids is 1. The molecule has 2 amide bonds. The number of alkyl carbamates (subject to hydrolysis) is 1. The normalized spacial score (nSPS) is 12.9. The number of benzene rings is 2. The van der Waals surface area contributed by atoms with Crippen LogP contribution in [0.25, 0.3) is 11.1 Å². The lowest BCUT2D eigenvalue weighted by Crippen LogP contribution is -2.52. The molecule has 8 nitrogen and oxygen atoms in total. The summed E-state index contributed by atoms with van der Waals surface area (Å²) in [5, 5.41) is 11.5. The number of carboxylic acids is 1. The van der Waals surface area contributed by atoms with Crippen LogP contribution in [0, 0.1) is 0 Å². The molecule has 0 heterocycles. The monoisotopic (exact) mass is 438 g/mol. The maximum Gasteiger partial charge on any atom is 0.407 e. The van der Waals surface area contributed by atoms with Gasteiger partial charge in [-0.15, -0.1) is 6.58 Å². The predicted molar refractivity (Wildman–Crippen MR) is 118 cm³/mol. The maximum atomic E-state index is 12.7. The number of hydrogen-bond donors (Lipinski definition) is 2. The van der Waals surface area contributed by atoms with Crippen LogP contribution in [-0.2, 0) is 19.1 Å². The van der Waals surface area contributed by atoms with Crippen molar-refractivity contribution in [3.05, 3.63) is 72.3 Å². The third-order valence-electron chi connectivity index (χ3n) is 5.25. The van der Waals surface area contributed by atoms with Crippen LogP contribution in [0.5, 0.6) is 0 Å². The van der Waals surface area contributed by atoms with Gasteiger partial charge in [0.15, 0.2) is 0 Å². The van der Waals surface area contributed by atoms with Crippen LogP contribution >= 0.6 is 0 Å². The van der Waals surface area contributed by atoms with E-state index in [4.69, 9.17) is 14.6 Å². The number of carbonyl (C=O) groups is 3. The molecule has 8 heteroatoms. The van der Waals surface area contributed by atoms with Gasteiger partial charge < -0.3 is 24.8 Å². The van der Waals surface area contributed by atoms with Gasteiger partial charge in [0.2, 0.25) is 5.91 Å². The first-order valence-electron chi connectivity index (χ1n) is 10.2. The minimum absolute atomic E-state index is 0.0255. The van der Waals surface area contributed by atoms with E-state index in [2.05, 4.69) is 11.9 Å². The summed E-state index contributed by atoms with van der Waals surface area (Å²) in [5.41, 5.74) is 4.37. The fourth-order valence-corrected chi connectivity index (χ4v) is 3.90. The van der Waals surface area contributed by atoms with Gasteiger partial charge in [0.1, 0.15) is 19.2 Å². The highest BCUT2D eigenvalue weighted by Crippen LogP contribution is 2.44. The van der Waals surface area contributed by atoms with E-state index in [-0.39, 0.29) is 25.7 Å². The lowest BCUT2D eigenvalue weighted by Gasteiger charge is -2.25. The molecule has 0 saturated carbocycles. The summed E-state index contributed by atoms with van der Waals surface area (Å²) >= 11 is 0. The molecule has 168 valence electrons. The van der Waals surface area contributed by atoms with Gasteiger partial charge in [-0.3, -0.25) is 9.59 Å². The number of carbonyl (C=O) groups excluding carboxylic acids is 2. The fraction of sp³-hybridized carbons (Fsp3) is 0.292. The first kappa shape index (κ1) is 23.0. The number of ether oxygens (including phenoxy) is 2. The third kappa shape index (κ3) is 5.15. The van der Waals surface area contributed by atoms with Crippen LogP contribution in [0.1, 0.15) is 17.0 Å². The van der Waals surface area contributed by atoms with Gasteiger partial charge >= 0.3 is 12.1 Å². The van der Waals surface area contributed by atoms with E-state index in [1.807, 2.05) is 48.5 Å². The van der Waals surface area contributed by atoms with Crippen LogP contribution in [-0.4, -0.2) is 67.4 Å². The van der Waals surface area contributed by atoms with Crippen LogP contribution in [0.2, 0.25) is 0 Å². The second-order valence-corrected chi connectivity index (χ2v) is 7.38. The second-order valence-electron chi connectivity index (χ2n) is 7.38. The molecular formula is C24H26N2O6. The molecule has 32 heavy (non-hydrogen) atoms. The van der Waals surface area contributed by atoms with E-state index in [9.17, 15) is 14.4 Å². The molecule has 2 aromatic rings. The molecule has 1 atom stereocenters. The Morgan fingerprint density at radius 1 is 1.12 bits per heavy atom. The second kappa shape index (κ2) is 10.6. The van der Waals surface area contributed by atoms with Gasteiger partial charge in [-0.2, -0.15) is 0 Å². The minimum Gasteiger partial charge on any atom is -0.480 e. The van der Waals surface area contributed by atoms with Crippen molar-refractivity contribution < 1.29 is 29.0 Å². The zero-order chi connectivity index (χ0) is 23.1. The van der Waals surface area contributed by atoms with Crippen LogP contribution in [0.15, 0.2) is 61.2 Å². The number of rotatable bonds is 10. The topological polar surface area (TPSA) is 105 Å². The molecule has 0 aliphatic heterocycles. The molecule has 0 fully saturated rings. The number of methoxy groups -OCH3 is 1. The van der Waals surface area contributed by atoms with E-state index in [1.54, 1.807) is 0 Å². The Bertz CT molecular complexity index is 960. The van der Waals surface area contributed by atoms with E-state index in [0.29, 0.717) is 0 Å². The Morgan fingerprint density at radius 2 is 1.72 bits per heavy atom. The van der Waals surface area contributed by atoms with Gasteiger partial charge in [0.25, 0.3) is 0 Å². The standard InChI is InChI=1S/C24H26N2O6/c1-3-12-26(13-22(27)28)23(29)21(15-31-2)25-24(30)32-14-20-18-10-6-4-8-16(18)17-9-5-7-11-19(17)20/h3-11,20-21H,1,12-15H2,2H3,(H,25,30)(H,27,28). The molecule has 0 bridgehead atoms. The maximum absolute atomic E-state index is 12.7. The molecule has 1 unspecified atom stereocenters. The molecule has 0 spiro atoms. The first-order chi connectivity index (χ1) is 15.5. The number of carboxylic acid groups (broad SMARTS) is 1. The van der Waals surface area contributed by atoms with Crippen molar-refractivity contribution in [3.63, 3.8) is 0 Å². The van der Waals surface area contributed by atoms with E-state index in [0.717, 1.165) is 27.2 Å². The number of fused-ring (bicyclic) bond motifs is 3. The molecular weight excluding hydrogens is 412 g/mol. The first-order valence-corrected chi connectivity index (χ1v) is 10.2. The molecule has 1 aliphatic rings. The summed E-state index contributed by atoms with van der Waals surface area (Å²) in [4.78, 5) is 37.4. The van der Waals surface area contributed by atoms with Crippen molar-refractivity contribution in [2.24, 2.45) is 0 Å². The van der Waals surface area contributed by atoms with E-state index < -0.39 is 30.6 Å².